The summed E-state index contributed by atoms with van der Waals surface area (Å²) < 4.78 is 12.5. The summed E-state index contributed by atoms with van der Waals surface area (Å²) in [5.74, 6) is 0. The number of aryl methyl sites for hydroxylation is 3. The molecular weight excluding hydrogens is 1180 g/mol. The molecule has 0 radical (unpaired) electrons. The topological polar surface area (TPSA) is 146 Å². The average Bonchev–Trinajstić information content (AvgIpc) is 0.757. The molecule has 0 aliphatic carbocycles. The van der Waals surface area contributed by atoms with E-state index in [-0.39, 0.29) is 0 Å². The Kier molecular flexibility index (Phi) is 12.4. The summed E-state index contributed by atoms with van der Waals surface area (Å²) in [6.45, 7) is 1.29. The third kappa shape index (κ3) is 8.92. The van der Waals surface area contributed by atoms with Gasteiger partial charge in [0, 0.05) is 39.3 Å². The smallest absolute Gasteiger partial charge is 0.139 e. The molecule has 0 aliphatic heterocycles. The second kappa shape index (κ2) is 21.7. The molecule has 15 heteroatoms. The van der Waals surface area contributed by atoms with Crippen LogP contribution in [0.2, 0.25) is 0 Å². The first-order chi connectivity index (χ1) is 47.3. The van der Waals surface area contributed by atoms with Gasteiger partial charge in [0.05, 0.1) is 19.6 Å². The lowest BCUT2D eigenvalue weighted by atomic mass is 9.92. The molecule has 0 N–H and O–H groups in total. The first-order valence-corrected chi connectivity index (χ1v) is 32.2. The van der Waals surface area contributed by atoms with Crippen LogP contribution < -0.4 is 0 Å². The third-order valence-electron chi connectivity index (χ3n) is 19.6. The summed E-state index contributed by atoms with van der Waals surface area (Å²) >= 11 is 0. The standard InChI is InChI=1S/C81H57N15/c1-91-64-16-7-19-67(88-64)94(43-58-31-28-55-25-22-49-10-4-13-52-34-37-61(58)79(55)76(49)52)74-41-71(83-47-86-74)93(3)66-18-9-21-69(90-66)96(45-60-33-30-57-27-24-51-12-6-15-54-36-39-63(60)81(57)78(51)54)75-42-72(84-48-87-75)92(2)65-17-8-20-68(89-65)95(73-40-70(91)82-46-85-73)44-59-32-29-56-26-23-50-11-5-14-53-35-38-62(59)80(56)77(50)53/h4-42,46-48H,43-45H2,1-3H3. The summed E-state index contributed by atoms with van der Waals surface area (Å²) in [5, 5.41) is 21.8. The quantitative estimate of drug-likeness (QED) is 0.149. The van der Waals surface area contributed by atoms with Gasteiger partial charge in [0.1, 0.15) is 86.7 Å². The Hall–Kier alpha value is -12.8. The Morgan fingerprint density at radius 3 is 0.740 bits per heavy atom. The molecule has 0 unspecified atom stereocenters. The molecule has 0 saturated heterocycles. The molecule has 0 atom stereocenters. The van der Waals surface area contributed by atoms with Crippen LogP contribution in [-0.2, 0) is 40.8 Å². The molecule has 0 fully saturated rings. The van der Waals surface area contributed by atoms with Crippen molar-refractivity contribution in [3.05, 3.63) is 272 Å². The van der Waals surface area contributed by atoms with Crippen molar-refractivity contribution in [3.8, 4) is 0 Å². The van der Waals surface area contributed by atoms with Gasteiger partial charge in [-0.25, -0.2) is 44.9 Å². The lowest BCUT2D eigenvalue weighted by Crippen LogP contribution is -2.08. The van der Waals surface area contributed by atoms with E-state index in [0.717, 1.165) is 32.8 Å². The number of hydrogen-bond donors (Lipinski definition) is 0. The molecule has 0 aliphatic rings. The molecular formula is C81H57N15. The molecule has 456 valence electrons. The van der Waals surface area contributed by atoms with E-state index in [4.69, 9.17) is 44.9 Å². The van der Waals surface area contributed by atoms with E-state index in [1.807, 2.05) is 108 Å². The first-order valence-electron chi connectivity index (χ1n) is 32.2. The van der Waals surface area contributed by atoms with Gasteiger partial charge >= 0.3 is 0 Å². The lowest BCUT2D eigenvalue weighted by Gasteiger charge is -2.16. The average molecular weight is 1240 g/mol. The van der Waals surface area contributed by atoms with Gasteiger partial charge in [-0.15, -0.1) is 0 Å². The monoisotopic (exact) mass is 1240 g/mol. The number of fused-ring (bicyclic) bond motifs is 12. The maximum Gasteiger partial charge on any atom is 0.139 e. The fourth-order valence-corrected chi connectivity index (χ4v) is 14.8. The van der Waals surface area contributed by atoms with Crippen molar-refractivity contribution in [2.45, 2.75) is 19.6 Å². The van der Waals surface area contributed by atoms with Crippen LogP contribution in [0.25, 0.3) is 165 Å². The van der Waals surface area contributed by atoms with Gasteiger partial charge in [-0.2, -0.15) is 0 Å². The minimum Gasteiger partial charge on any atom is -0.314 e. The van der Waals surface area contributed by atoms with Gasteiger partial charge in [0.25, 0.3) is 0 Å². The highest BCUT2D eigenvalue weighted by Gasteiger charge is 2.18. The van der Waals surface area contributed by atoms with Crippen LogP contribution in [-0.4, -0.2) is 72.3 Å². The minimum atomic E-state index is 0.429. The van der Waals surface area contributed by atoms with E-state index >= 15 is 0 Å². The number of aromatic nitrogens is 15. The molecule has 0 amide bonds. The van der Waals surface area contributed by atoms with Crippen LogP contribution in [0.1, 0.15) is 16.7 Å². The van der Waals surface area contributed by atoms with E-state index in [0.29, 0.717) is 87.4 Å². The van der Waals surface area contributed by atoms with Crippen LogP contribution in [0.3, 0.4) is 0 Å². The van der Waals surface area contributed by atoms with Crippen molar-refractivity contribution in [1.82, 2.24) is 72.3 Å². The Bertz CT molecular complexity index is 5900. The van der Waals surface area contributed by atoms with E-state index < -0.39 is 0 Å². The van der Waals surface area contributed by atoms with Crippen molar-refractivity contribution in [2.24, 2.45) is 21.1 Å². The van der Waals surface area contributed by atoms with Gasteiger partial charge in [0.2, 0.25) is 0 Å². The molecule has 96 heavy (non-hydrogen) atoms. The maximum absolute atomic E-state index is 5.51. The van der Waals surface area contributed by atoms with Gasteiger partial charge in [-0.3, -0.25) is 0 Å². The summed E-state index contributed by atoms with van der Waals surface area (Å²) in [4.78, 5) is 46.7. The molecule has 12 bridgehead atoms. The SMILES string of the molecule is Cn1c2cc(ncn2)n(Cc2ccc3ccc4cccc5ccc2c3c45)c2cccc(n2)n(C)c2cc(ncn2)n(Cc2ccc3ccc4cccc5ccc2c3c45)c2cccc(n2)n(C)c2cc(ncn2)n(Cc2ccc3ccc4cccc5ccc2c3c45)c2cccc1n2. The lowest BCUT2D eigenvalue weighted by molar-refractivity contribution is 0.825. The molecule has 19 rings (SSSR count). The van der Waals surface area contributed by atoms with Gasteiger partial charge < -0.3 is 27.4 Å². The van der Waals surface area contributed by atoms with Crippen molar-refractivity contribution >= 4 is 165 Å². The van der Waals surface area contributed by atoms with Crippen LogP contribution >= 0.6 is 0 Å². The second-order valence-electron chi connectivity index (χ2n) is 24.9. The number of hydrogen-bond acceptors (Lipinski definition) is 9. The zero-order chi connectivity index (χ0) is 63.7. The van der Waals surface area contributed by atoms with Gasteiger partial charge in [-0.05, 0) is 150 Å². The predicted molar refractivity (Wildman–Crippen MR) is 390 cm³/mol. The van der Waals surface area contributed by atoms with Crippen molar-refractivity contribution < 1.29 is 0 Å². The van der Waals surface area contributed by atoms with Crippen LogP contribution in [0.4, 0.5) is 0 Å². The number of rotatable bonds is 6. The number of nitrogens with zero attached hydrogens (tertiary/aromatic N) is 15. The molecule has 19 aromatic rings. The maximum atomic E-state index is 5.51. The molecule has 7 heterocycles. The Labute approximate surface area is 547 Å². The second-order valence-corrected chi connectivity index (χ2v) is 24.9. The molecule has 12 aromatic carbocycles. The Morgan fingerprint density at radius 1 is 0.219 bits per heavy atom. The zero-order valence-electron chi connectivity index (χ0n) is 52.6. The van der Waals surface area contributed by atoms with E-state index in [2.05, 4.69) is 177 Å². The highest BCUT2D eigenvalue weighted by molar-refractivity contribution is 6.26. The normalized spacial score (nSPS) is 12.0. The van der Waals surface area contributed by atoms with Crippen molar-refractivity contribution in [1.29, 1.82) is 0 Å². The molecule has 15 nitrogen and oxygen atoms in total. The van der Waals surface area contributed by atoms with Crippen LogP contribution in [0.15, 0.2) is 256 Å². The van der Waals surface area contributed by atoms with E-state index in [9.17, 15) is 0 Å². The Morgan fingerprint density at radius 2 is 0.448 bits per heavy atom. The first kappa shape index (κ1) is 54.9. The highest BCUT2D eigenvalue weighted by Crippen LogP contribution is 2.40. The van der Waals surface area contributed by atoms with E-state index in [1.165, 1.54) is 80.8 Å². The van der Waals surface area contributed by atoms with E-state index in [1.54, 1.807) is 19.0 Å². The summed E-state index contributed by atoms with van der Waals surface area (Å²) in [6, 6.07) is 84.2. The zero-order valence-corrected chi connectivity index (χ0v) is 52.6. The molecule has 7 aromatic heterocycles. The largest absolute Gasteiger partial charge is 0.314 e. The molecule has 0 spiro atoms. The third-order valence-corrected chi connectivity index (χ3v) is 19.6. The predicted octanol–water partition coefficient (Wildman–Crippen LogP) is 17.5. The number of benzene rings is 12. The molecule has 0 saturated carbocycles. The van der Waals surface area contributed by atoms with Crippen molar-refractivity contribution in [3.63, 3.8) is 0 Å². The summed E-state index contributed by atoms with van der Waals surface area (Å²) in [5.41, 5.74) is 11.2. The minimum absolute atomic E-state index is 0.429. The van der Waals surface area contributed by atoms with Gasteiger partial charge in [0.15, 0.2) is 0 Å². The summed E-state index contributed by atoms with van der Waals surface area (Å²) in [7, 11) is 5.98. The van der Waals surface area contributed by atoms with Crippen LogP contribution in [0.5, 0.6) is 0 Å². The number of pyridine rings is 3. The summed E-state index contributed by atoms with van der Waals surface area (Å²) in [6.07, 6.45) is 4.88. The van der Waals surface area contributed by atoms with Crippen LogP contribution in [0, 0.1) is 0 Å². The Balaban J connectivity index is 0.901. The van der Waals surface area contributed by atoms with Gasteiger partial charge in [-0.1, -0.05) is 182 Å². The van der Waals surface area contributed by atoms with Crippen molar-refractivity contribution in [2.75, 3.05) is 0 Å². The fraction of sp³-hybridized carbons (Fsp3) is 0.0741. The highest BCUT2D eigenvalue weighted by atomic mass is 15.2. The fourth-order valence-electron chi connectivity index (χ4n) is 14.8.